The van der Waals surface area contributed by atoms with Gasteiger partial charge >= 0.3 is 5.97 Å². The zero-order valence-corrected chi connectivity index (χ0v) is 8.37. The first-order valence-electron chi connectivity index (χ1n) is 4.65. The van der Waals surface area contributed by atoms with E-state index in [-0.39, 0.29) is 5.92 Å². The minimum Gasteiger partial charge on any atom is -0.481 e. The first kappa shape index (κ1) is 9.53. The van der Waals surface area contributed by atoms with E-state index in [0.29, 0.717) is 5.92 Å². The zero-order chi connectivity index (χ0) is 10.1. The lowest BCUT2D eigenvalue weighted by molar-refractivity contribution is -0.145. The molecular formula is C11H11ClO2. The molecule has 1 fully saturated rings. The molecule has 1 aromatic carbocycles. The first-order valence-corrected chi connectivity index (χ1v) is 5.03. The van der Waals surface area contributed by atoms with E-state index < -0.39 is 5.97 Å². The molecule has 0 spiro atoms. The van der Waals surface area contributed by atoms with Crippen molar-refractivity contribution in [1.29, 1.82) is 0 Å². The number of halogens is 1. The molecule has 1 aliphatic rings. The molecule has 1 N–H and O–H groups in total. The van der Waals surface area contributed by atoms with E-state index in [1.165, 1.54) is 0 Å². The van der Waals surface area contributed by atoms with E-state index in [1.807, 2.05) is 24.3 Å². The highest BCUT2D eigenvalue weighted by molar-refractivity contribution is 6.31. The summed E-state index contributed by atoms with van der Waals surface area (Å²) in [6, 6.07) is 7.66. The quantitative estimate of drug-likeness (QED) is 0.815. The van der Waals surface area contributed by atoms with E-state index in [9.17, 15) is 4.79 Å². The second kappa shape index (κ2) is 3.62. The van der Waals surface area contributed by atoms with Gasteiger partial charge in [-0.25, -0.2) is 0 Å². The van der Waals surface area contributed by atoms with Crippen molar-refractivity contribution in [3.63, 3.8) is 0 Å². The van der Waals surface area contributed by atoms with Crippen LogP contribution in [0.2, 0.25) is 5.02 Å². The maximum Gasteiger partial charge on any atom is 0.306 e. The highest BCUT2D eigenvalue weighted by Crippen LogP contribution is 2.43. The number of hydrogen-bond donors (Lipinski definition) is 1. The minimum absolute atomic E-state index is 0.170. The third kappa shape index (κ3) is 1.62. The summed E-state index contributed by atoms with van der Waals surface area (Å²) < 4.78 is 0. The van der Waals surface area contributed by atoms with Gasteiger partial charge in [0, 0.05) is 5.02 Å². The molecule has 1 saturated carbocycles. The number of aliphatic carboxylic acids is 1. The Balaban J connectivity index is 2.07. The van der Waals surface area contributed by atoms with Crippen LogP contribution in [0.4, 0.5) is 0 Å². The summed E-state index contributed by atoms with van der Waals surface area (Å²) in [4.78, 5) is 10.6. The predicted molar refractivity (Wildman–Crippen MR) is 54.6 cm³/mol. The van der Waals surface area contributed by atoms with Gasteiger partial charge in [0.2, 0.25) is 0 Å². The highest BCUT2D eigenvalue weighted by Gasteiger charge is 2.35. The molecule has 0 amide bonds. The topological polar surface area (TPSA) is 37.3 Å². The fourth-order valence-electron chi connectivity index (χ4n) is 1.88. The number of carbonyl (C=O) groups is 1. The molecule has 0 aliphatic heterocycles. The molecule has 3 heteroatoms. The van der Waals surface area contributed by atoms with Crippen molar-refractivity contribution in [2.45, 2.75) is 18.8 Å². The maximum absolute atomic E-state index is 10.6. The standard InChI is InChI=1S/C11H11ClO2/c12-10-4-2-1-3-9(10)7-5-8(6-7)11(13)14/h1-4,7-8H,5-6H2,(H,13,14). The van der Waals surface area contributed by atoms with Gasteiger partial charge in [-0.05, 0) is 30.4 Å². The fourth-order valence-corrected chi connectivity index (χ4v) is 2.17. The van der Waals surface area contributed by atoms with Crippen LogP contribution < -0.4 is 0 Å². The normalized spacial score (nSPS) is 25.5. The monoisotopic (exact) mass is 210 g/mol. The van der Waals surface area contributed by atoms with Crippen LogP contribution in [0.25, 0.3) is 0 Å². The number of hydrogen-bond acceptors (Lipinski definition) is 1. The maximum atomic E-state index is 10.6. The van der Waals surface area contributed by atoms with Crippen LogP contribution in [0.15, 0.2) is 24.3 Å². The van der Waals surface area contributed by atoms with Crippen LogP contribution in [-0.4, -0.2) is 11.1 Å². The Bertz CT molecular complexity index is 356. The van der Waals surface area contributed by atoms with Gasteiger partial charge in [0.05, 0.1) is 5.92 Å². The molecule has 0 heterocycles. The molecule has 14 heavy (non-hydrogen) atoms. The lowest BCUT2D eigenvalue weighted by Crippen LogP contribution is -2.28. The summed E-state index contributed by atoms with van der Waals surface area (Å²) in [6.45, 7) is 0. The molecule has 0 unspecified atom stereocenters. The van der Waals surface area contributed by atoms with Crippen molar-refractivity contribution >= 4 is 17.6 Å². The molecule has 1 aromatic rings. The molecule has 0 saturated heterocycles. The van der Waals surface area contributed by atoms with Crippen LogP contribution in [0.5, 0.6) is 0 Å². The summed E-state index contributed by atoms with van der Waals surface area (Å²) in [5.74, 6) is -0.519. The van der Waals surface area contributed by atoms with Gasteiger partial charge in [0.15, 0.2) is 0 Å². The van der Waals surface area contributed by atoms with Gasteiger partial charge in [-0.2, -0.15) is 0 Å². The van der Waals surface area contributed by atoms with Crippen LogP contribution in [-0.2, 0) is 4.79 Å². The summed E-state index contributed by atoms with van der Waals surface area (Å²) in [7, 11) is 0. The van der Waals surface area contributed by atoms with Crippen molar-refractivity contribution in [1.82, 2.24) is 0 Å². The molecule has 0 radical (unpaired) electrons. The Kier molecular flexibility index (Phi) is 2.46. The van der Waals surface area contributed by atoms with Crippen molar-refractivity contribution < 1.29 is 9.90 Å². The molecule has 74 valence electrons. The Labute approximate surface area is 87.5 Å². The summed E-state index contributed by atoms with van der Waals surface area (Å²) >= 11 is 6.01. The van der Waals surface area contributed by atoms with Crippen molar-refractivity contribution in [2.24, 2.45) is 5.92 Å². The lowest BCUT2D eigenvalue weighted by Gasteiger charge is -2.33. The lowest BCUT2D eigenvalue weighted by atomic mass is 9.71. The van der Waals surface area contributed by atoms with Crippen LogP contribution in [0.3, 0.4) is 0 Å². The summed E-state index contributed by atoms with van der Waals surface area (Å²) in [6.07, 6.45) is 1.44. The second-order valence-corrected chi connectivity index (χ2v) is 4.13. The van der Waals surface area contributed by atoms with Crippen molar-refractivity contribution in [2.75, 3.05) is 0 Å². The van der Waals surface area contributed by atoms with E-state index >= 15 is 0 Å². The van der Waals surface area contributed by atoms with Gasteiger partial charge in [0.25, 0.3) is 0 Å². The molecule has 0 aromatic heterocycles. The molecule has 1 aliphatic carbocycles. The Hall–Kier alpha value is -1.02. The Morgan fingerprint density at radius 2 is 2.00 bits per heavy atom. The van der Waals surface area contributed by atoms with E-state index in [0.717, 1.165) is 23.4 Å². The van der Waals surface area contributed by atoms with Crippen LogP contribution in [0, 0.1) is 5.92 Å². The molecule has 0 bridgehead atoms. The minimum atomic E-state index is -0.687. The van der Waals surface area contributed by atoms with Crippen molar-refractivity contribution in [3.05, 3.63) is 34.9 Å². The molecule has 2 rings (SSSR count). The number of carboxylic acids is 1. The fraction of sp³-hybridized carbons (Fsp3) is 0.364. The summed E-state index contributed by atoms with van der Waals surface area (Å²) in [5.41, 5.74) is 1.09. The predicted octanol–water partition coefficient (Wildman–Crippen LogP) is 2.92. The highest BCUT2D eigenvalue weighted by atomic mass is 35.5. The second-order valence-electron chi connectivity index (χ2n) is 3.73. The first-order chi connectivity index (χ1) is 6.68. The number of benzene rings is 1. The number of carboxylic acid groups (broad SMARTS) is 1. The Morgan fingerprint density at radius 1 is 1.36 bits per heavy atom. The summed E-state index contributed by atoms with van der Waals surface area (Å²) in [5, 5.41) is 9.49. The largest absolute Gasteiger partial charge is 0.481 e. The van der Waals surface area contributed by atoms with Gasteiger partial charge in [-0.3, -0.25) is 4.79 Å². The van der Waals surface area contributed by atoms with Crippen LogP contribution >= 0.6 is 11.6 Å². The number of rotatable bonds is 2. The Morgan fingerprint density at radius 3 is 2.57 bits per heavy atom. The van der Waals surface area contributed by atoms with Gasteiger partial charge < -0.3 is 5.11 Å². The van der Waals surface area contributed by atoms with E-state index in [1.54, 1.807) is 0 Å². The average molecular weight is 211 g/mol. The molecular weight excluding hydrogens is 200 g/mol. The van der Waals surface area contributed by atoms with Crippen LogP contribution in [0.1, 0.15) is 24.3 Å². The third-order valence-electron chi connectivity index (χ3n) is 2.83. The SMILES string of the molecule is O=C(O)C1CC(c2ccccc2Cl)C1. The van der Waals surface area contributed by atoms with E-state index in [4.69, 9.17) is 16.7 Å². The van der Waals surface area contributed by atoms with Crippen molar-refractivity contribution in [3.8, 4) is 0 Å². The smallest absolute Gasteiger partial charge is 0.306 e. The zero-order valence-electron chi connectivity index (χ0n) is 7.61. The van der Waals surface area contributed by atoms with Gasteiger partial charge in [0.1, 0.15) is 0 Å². The van der Waals surface area contributed by atoms with Gasteiger partial charge in [-0.1, -0.05) is 29.8 Å². The third-order valence-corrected chi connectivity index (χ3v) is 3.18. The van der Waals surface area contributed by atoms with Gasteiger partial charge in [-0.15, -0.1) is 0 Å². The average Bonchev–Trinajstić information content (AvgIpc) is 2.05. The molecule has 2 nitrogen and oxygen atoms in total. The van der Waals surface area contributed by atoms with E-state index in [2.05, 4.69) is 0 Å². The molecule has 0 atom stereocenters.